The van der Waals surface area contributed by atoms with Crippen molar-refractivity contribution in [3.63, 3.8) is 0 Å². The number of nitrogens with zero attached hydrogens (tertiary/aromatic N) is 3. The van der Waals surface area contributed by atoms with Gasteiger partial charge in [-0.1, -0.05) is 17.7 Å². The number of carbonyl (C=O) groups is 1. The van der Waals surface area contributed by atoms with Crippen LogP contribution in [0.5, 0.6) is 0 Å². The highest BCUT2D eigenvalue weighted by molar-refractivity contribution is 6.31. The summed E-state index contributed by atoms with van der Waals surface area (Å²) in [6, 6.07) is 14.6. The first kappa shape index (κ1) is 22.4. The molecule has 0 aliphatic rings. The van der Waals surface area contributed by atoms with Gasteiger partial charge in [0.1, 0.15) is 6.33 Å². The van der Waals surface area contributed by atoms with Crippen molar-refractivity contribution in [3.05, 3.63) is 107 Å². The van der Waals surface area contributed by atoms with Crippen LogP contribution in [-0.4, -0.2) is 20.9 Å². The van der Waals surface area contributed by atoms with E-state index in [4.69, 9.17) is 11.6 Å². The summed E-state index contributed by atoms with van der Waals surface area (Å²) in [6.07, 6.45) is 0.544. The lowest BCUT2D eigenvalue weighted by molar-refractivity contribution is -0.137. The van der Waals surface area contributed by atoms with Crippen molar-refractivity contribution in [1.82, 2.24) is 15.0 Å². The van der Waals surface area contributed by atoms with E-state index < -0.39 is 17.6 Å². The van der Waals surface area contributed by atoms with E-state index in [0.29, 0.717) is 28.4 Å². The fourth-order valence-corrected chi connectivity index (χ4v) is 3.45. The molecule has 9 heteroatoms. The maximum absolute atomic E-state index is 12.9. The van der Waals surface area contributed by atoms with Gasteiger partial charge in [-0.15, -0.1) is 0 Å². The van der Waals surface area contributed by atoms with Crippen LogP contribution in [0.25, 0.3) is 11.3 Å². The normalized spacial score (nSPS) is 11.3. The van der Waals surface area contributed by atoms with Crippen molar-refractivity contribution in [3.8, 4) is 11.3 Å². The van der Waals surface area contributed by atoms with Gasteiger partial charge in [0.05, 0.1) is 17.0 Å². The van der Waals surface area contributed by atoms with Crippen LogP contribution in [0.1, 0.15) is 27.2 Å². The third-order valence-electron chi connectivity index (χ3n) is 4.86. The van der Waals surface area contributed by atoms with Crippen LogP contribution in [-0.2, 0) is 12.6 Å². The fourth-order valence-electron chi connectivity index (χ4n) is 3.27. The summed E-state index contributed by atoms with van der Waals surface area (Å²) in [5.41, 5.74) is 2.30. The van der Waals surface area contributed by atoms with Crippen LogP contribution in [0.4, 0.5) is 18.9 Å². The Hall–Kier alpha value is -3.78. The molecule has 0 unspecified atom stereocenters. The molecule has 2 aromatic heterocycles. The van der Waals surface area contributed by atoms with Gasteiger partial charge in [0.25, 0.3) is 5.91 Å². The summed E-state index contributed by atoms with van der Waals surface area (Å²) in [5, 5.41) is 2.94. The number of pyridine rings is 1. The van der Waals surface area contributed by atoms with Gasteiger partial charge in [-0.25, -0.2) is 9.97 Å². The van der Waals surface area contributed by atoms with E-state index >= 15 is 0 Å². The van der Waals surface area contributed by atoms with Crippen LogP contribution in [0.15, 0.2) is 79.4 Å². The highest BCUT2D eigenvalue weighted by Gasteiger charge is 2.30. The monoisotopic (exact) mass is 468 g/mol. The first-order valence-corrected chi connectivity index (χ1v) is 10.2. The van der Waals surface area contributed by atoms with E-state index in [9.17, 15) is 18.0 Å². The van der Waals surface area contributed by atoms with Crippen molar-refractivity contribution in [1.29, 1.82) is 0 Å². The lowest BCUT2D eigenvalue weighted by atomic mass is 10.0. The summed E-state index contributed by atoms with van der Waals surface area (Å²) in [7, 11) is 0. The summed E-state index contributed by atoms with van der Waals surface area (Å²) in [5.74, 6) is -0.552. The van der Waals surface area contributed by atoms with Gasteiger partial charge in [0.15, 0.2) is 0 Å². The number of rotatable bonds is 5. The Labute approximate surface area is 192 Å². The Kier molecular flexibility index (Phi) is 6.37. The number of carbonyl (C=O) groups excluding carboxylic acids is 1. The van der Waals surface area contributed by atoms with Gasteiger partial charge >= 0.3 is 6.18 Å². The average Bonchev–Trinajstić information content (AvgIpc) is 2.81. The zero-order chi connectivity index (χ0) is 23.4. The van der Waals surface area contributed by atoms with E-state index in [1.165, 1.54) is 24.5 Å². The molecule has 0 saturated heterocycles. The van der Waals surface area contributed by atoms with Crippen LogP contribution in [0, 0.1) is 0 Å². The number of alkyl halides is 3. The van der Waals surface area contributed by atoms with Crippen LogP contribution < -0.4 is 5.32 Å². The molecule has 5 nitrogen and oxygen atoms in total. The lowest BCUT2D eigenvalue weighted by Crippen LogP contribution is -2.13. The van der Waals surface area contributed by atoms with Gasteiger partial charge in [-0.05, 0) is 60.2 Å². The molecule has 166 valence electrons. The van der Waals surface area contributed by atoms with Gasteiger partial charge in [0.2, 0.25) is 0 Å². The molecule has 2 heterocycles. The predicted octanol–water partition coefficient (Wildman–Crippen LogP) is 6.05. The van der Waals surface area contributed by atoms with Crippen molar-refractivity contribution >= 4 is 23.2 Å². The minimum absolute atomic E-state index is 0.0436. The summed E-state index contributed by atoms with van der Waals surface area (Å²) >= 11 is 6.37. The number of benzene rings is 2. The maximum atomic E-state index is 12.9. The molecule has 0 radical (unpaired) electrons. The van der Waals surface area contributed by atoms with Gasteiger partial charge in [0, 0.05) is 40.7 Å². The Bertz CT molecular complexity index is 1300. The largest absolute Gasteiger partial charge is 0.416 e. The van der Waals surface area contributed by atoms with Crippen molar-refractivity contribution in [2.24, 2.45) is 0 Å². The quantitative estimate of drug-likeness (QED) is 0.387. The maximum Gasteiger partial charge on any atom is 0.416 e. The molecule has 0 aliphatic heterocycles. The van der Waals surface area contributed by atoms with E-state index in [1.54, 1.807) is 36.7 Å². The number of hydrogen-bond donors (Lipinski definition) is 1. The Morgan fingerprint density at radius 2 is 1.82 bits per heavy atom. The summed E-state index contributed by atoms with van der Waals surface area (Å²) in [6.45, 7) is 0. The number of anilines is 1. The molecule has 2 aromatic carbocycles. The SMILES string of the molecule is O=C(Nc1cccc(C(F)(F)F)c1)c1ccc(Cl)c(Cc2ncccc2-c2ccncn2)c1. The lowest BCUT2D eigenvalue weighted by Gasteiger charge is -2.12. The van der Waals surface area contributed by atoms with Crippen LogP contribution in [0.2, 0.25) is 5.02 Å². The minimum atomic E-state index is -4.50. The first-order chi connectivity index (χ1) is 15.8. The fraction of sp³-hybridized carbons (Fsp3) is 0.0833. The standard InChI is InChI=1S/C24H16ClF3N4O/c25-20-7-6-15(23(33)32-18-4-1-3-17(13-18)24(26,27)28)11-16(20)12-22-19(5-2-9-30-22)21-8-10-29-14-31-21/h1-11,13-14H,12H2,(H,32,33). The molecule has 4 rings (SSSR count). The predicted molar refractivity (Wildman–Crippen MR) is 119 cm³/mol. The average molecular weight is 469 g/mol. The van der Waals surface area contributed by atoms with Gasteiger partial charge < -0.3 is 5.32 Å². The van der Waals surface area contributed by atoms with Crippen molar-refractivity contribution in [2.45, 2.75) is 12.6 Å². The molecular weight excluding hydrogens is 453 g/mol. The number of hydrogen-bond acceptors (Lipinski definition) is 4. The zero-order valence-corrected chi connectivity index (χ0v) is 17.7. The van der Waals surface area contributed by atoms with Crippen molar-refractivity contribution < 1.29 is 18.0 Å². The van der Waals surface area contributed by atoms with Gasteiger partial charge in [-0.3, -0.25) is 9.78 Å². The third kappa shape index (κ3) is 5.35. The first-order valence-electron chi connectivity index (χ1n) is 9.78. The highest BCUT2D eigenvalue weighted by atomic mass is 35.5. The molecule has 1 amide bonds. The van der Waals surface area contributed by atoms with Crippen molar-refractivity contribution in [2.75, 3.05) is 5.32 Å². The number of halogens is 4. The molecule has 1 N–H and O–H groups in total. The molecule has 0 fully saturated rings. The molecule has 0 bridgehead atoms. The second-order valence-corrected chi connectivity index (χ2v) is 7.52. The van der Waals surface area contributed by atoms with Gasteiger partial charge in [-0.2, -0.15) is 13.2 Å². The second kappa shape index (κ2) is 9.38. The van der Waals surface area contributed by atoms with E-state index in [0.717, 1.165) is 17.7 Å². The van der Waals surface area contributed by atoms with E-state index in [-0.39, 0.29) is 11.3 Å². The summed E-state index contributed by atoms with van der Waals surface area (Å²) < 4.78 is 38.8. The number of amides is 1. The van der Waals surface area contributed by atoms with Crippen LogP contribution in [0.3, 0.4) is 0 Å². The Morgan fingerprint density at radius 1 is 0.970 bits per heavy atom. The molecule has 0 saturated carbocycles. The smallest absolute Gasteiger partial charge is 0.322 e. The van der Waals surface area contributed by atoms with E-state index in [2.05, 4.69) is 20.3 Å². The molecular formula is C24H16ClF3N4O. The molecule has 4 aromatic rings. The topological polar surface area (TPSA) is 67.8 Å². The summed E-state index contributed by atoms with van der Waals surface area (Å²) in [4.78, 5) is 25.3. The van der Waals surface area contributed by atoms with Crippen LogP contribution >= 0.6 is 11.6 Å². The molecule has 0 spiro atoms. The number of aromatic nitrogens is 3. The Balaban J connectivity index is 1.59. The molecule has 0 atom stereocenters. The minimum Gasteiger partial charge on any atom is -0.322 e. The highest BCUT2D eigenvalue weighted by Crippen LogP contribution is 2.31. The number of nitrogens with one attached hydrogen (secondary N) is 1. The molecule has 33 heavy (non-hydrogen) atoms. The molecule has 0 aliphatic carbocycles. The Morgan fingerprint density at radius 3 is 2.58 bits per heavy atom. The van der Waals surface area contributed by atoms with E-state index in [1.807, 2.05) is 6.07 Å². The second-order valence-electron chi connectivity index (χ2n) is 7.11. The third-order valence-corrected chi connectivity index (χ3v) is 5.23. The zero-order valence-electron chi connectivity index (χ0n) is 17.0.